The first-order valence-corrected chi connectivity index (χ1v) is 7.09. The van der Waals surface area contributed by atoms with E-state index in [1.165, 1.54) is 4.90 Å². The number of carboxylic acids is 1. The molecule has 0 aromatic heterocycles. The molecule has 1 rings (SSSR count). The highest BCUT2D eigenvalue weighted by atomic mass is 32.2. The van der Waals surface area contributed by atoms with E-state index in [1.54, 1.807) is 11.8 Å². The SMILES string of the molecule is CCCC(C)NC(=O)N1CCSCC1C(=O)O. The van der Waals surface area contributed by atoms with Crippen molar-refractivity contribution in [2.45, 2.75) is 38.8 Å². The number of carbonyl (C=O) groups excluding carboxylic acids is 1. The predicted molar refractivity (Wildman–Crippen MR) is 68.4 cm³/mol. The second kappa shape index (κ2) is 6.74. The van der Waals surface area contributed by atoms with E-state index in [4.69, 9.17) is 5.11 Å². The normalized spacial score (nSPS) is 22.0. The lowest BCUT2D eigenvalue weighted by Crippen LogP contribution is -2.55. The number of carboxylic acid groups (broad SMARTS) is 1. The summed E-state index contributed by atoms with van der Waals surface area (Å²) in [5.74, 6) is 0.361. The van der Waals surface area contributed by atoms with Gasteiger partial charge >= 0.3 is 12.0 Å². The molecule has 0 saturated carbocycles. The van der Waals surface area contributed by atoms with Crippen LogP contribution in [0, 0.1) is 0 Å². The Hall–Kier alpha value is -0.910. The minimum Gasteiger partial charge on any atom is -0.480 e. The summed E-state index contributed by atoms with van der Waals surface area (Å²) in [6.07, 6.45) is 1.91. The Morgan fingerprint density at radius 2 is 2.29 bits per heavy atom. The lowest BCUT2D eigenvalue weighted by atomic mass is 10.2. The smallest absolute Gasteiger partial charge is 0.327 e. The molecule has 17 heavy (non-hydrogen) atoms. The van der Waals surface area contributed by atoms with Crippen LogP contribution in [-0.2, 0) is 4.79 Å². The summed E-state index contributed by atoms with van der Waals surface area (Å²) in [5, 5.41) is 11.9. The first kappa shape index (κ1) is 14.2. The number of rotatable bonds is 4. The fourth-order valence-electron chi connectivity index (χ4n) is 1.85. The van der Waals surface area contributed by atoms with Gasteiger partial charge in [-0.15, -0.1) is 0 Å². The summed E-state index contributed by atoms with van der Waals surface area (Å²) < 4.78 is 0. The van der Waals surface area contributed by atoms with E-state index in [2.05, 4.69) is 12.2 Å². The quantitative estimate of drug-likeness (QED) is 0.801. The maximum Gasteiger partial charge on any atom is 0.327 e. The zero-order valence-electron chi connectivity index (χ0n) is 10.3. The van der Waals surface area contributed by atoms with Gasteiger partial charge < -0.3 is 15.3 Å². The van der Waals surface area contributed by atoms with Crippen molar-refractivity contribution in [3.63, 3.8) is 0 Å². The largest absolute Gasteiger partial charge is 0.480 e. The Morgan fingerprint density at radius 1 is 1.59 bits per heavy atom. The Balaban J connectivity index is 2.56. The van der Waals surface area contributed by atoms with E-state index >= 15 is 0 Å². The molecule has 5 nitrogen and oxygen atoms in total. The van der Waals surface area contributed by atoms with Crippen LogP contribution < -0.4 is 5.32 Å². The number of hydrogen-bond donors (Lipinski definition) is 2. The molecular formula is C11H20N2O3S. The van der Waals surface area contributed by atoms with Gasteiger partial charge in [0.05, 0.1) is 0 Å². The van der Waals surface area contributed by atoms with Gasteiger partial charge in [-0.1, -0.05) is 13.3 Å². The van der Waals surface area contributed by atoms with Crippen LogP contribution in [0.3, 0.4) is 0 Å². The molecule has 0 radical (unpaired) electrons. The fraction of sp³-hybridized carbons (Fsp3) is 0.818. The molecule has 2 amide bonds. The summed E-state index contributed by atoms with van der Waals surface area (Å²) in [7, 11) is 0. The molecule has 0 spiro atoms. The molecule has 1 fully saturated rings. The molecule has 0 aromatic carbocycles. The third-order valence-electron chi connectivity index (χ3n) is 2.77. The number of nitrogens with zero attached hydrogens (tertiary/aromatic N) is 1. The molecule has 2 N–H and O–H groups in total. The van der Waals surface area contributed by atoms with Crippen molar-refractivity contribution in [2.75, 3.05) is 18.1 Å². The molecule has 0 bridgehead atoms. The summed E-state index contributed by atoms with van der Waals surface area (Å²) >= 11 is 1.58. The van der Waals surface area contributed by atoms with Crippen LogP contribution in [0.4, 0.5) is 4.79 Å². The highest BCUT2D eigenvalue weighted by Gasteiger charge is 2.32. The van der Waals surface area contributed by atoms with Gasteiger partial charge in [0.15, 0.2) is 0 Å². The van der Waals surface area contributed by atoms with Gasteiger partial charge in [-0.25, -0.2) is 9.59 Å². The third-order valence-corrected chi connectivity index (χ3v) is 3.79. The van der Waals surface area contributed by atoms with Gasteiger partial charge in [0.1, 0.15) is 6.04 Å². The molecule has 2 unspecified atom stereocenters. The molecule has 98 valence electrons. The number of urea groups is 1. The standard InChI is InChI=1S/C11H20N2O3S/c1-3-4-8(2)12-11(16)13-5-6-17-7-9(13)10(14)15/h8-9H,3-7H2,1-2H3,(H,12,16)(H,14,15). The highest BCUT2D eigenvalue weighted by molar-refractivity contribution is 7.99. The Kier molecular flexibility index (Phi) is 5.61. The average Bonchev–Trinajstić information content (AvgIpc) is 2.29. The first-order valence-electron chi connectivity index (χ1n) is 5.94. The number of carbonyl (C=O) groups is 2. The summed E-state index contributed by atoms with van der Waals surface area (Å²) in [4.78, 5) is 24.4. The van der Waals surface area contributed by atoms with Crippen molar-refractivity contribution in [1.82, 2.24) is 10.2 Å². The van der Waals surface area contributed by atoms with Crippen molar-refractivity contribution in [2.24, 2.45) is 0 Å². The second-order valence-corrected chi connectivity index (χ2v) is 5.41. The van der Waals surface area contributed by atoms with Gasteiger partial charge in [-0.3, -0.25) is 0 Å². The van der Waals surface area contributed by atoms with Gasteiger partial charge in [-0.2, -0.15) is 11.8 Å². The monoisotopic (exact) mass is 260 g/mol. The maximum absolute atomic E-state index is 11.9. The van der Waals surface area contributed by atoms with E-state index in [-0.39, 0.29) is 12.1 Å². The maximum atomic E-state index is 11.9. The predicted octanol–water partition coefficient (Wildman–Crippen LogP) is 1.39. The Labute approximate surface area is 106 Å². The molecule has 1 aliphatic rings. The van der Waals surface area contributed by atoms with E-state index in [0.717, 1.165) is 18.6 Å². The van der Waals surface area contributed by atoms with Crippen molar-refractivity contribution < 1.29 is 14.7 Å². The lowest BCUT2D eigenvalue weighted by molar-refractivity contribution is -0.141. The van der Waals surface area contributed by atoms with Crippen LogP contribution in [0.2, 0.25) is 0 Å². The van der Waals surface area contributed by atoms with E-state index in [9.17, 15) is 9.59 Å². The minimum absolute atomic E-state index is 0.0940. The van der Waals surface area contributed by atoms with Gasteiger partial charge in [0.2, 0.25) is 0 Å². The van der Waals surface area contributed by atoms with Crippen molar-refractivity contribution in [3.05, 3.63) is 0 Å². The van der Waals surface area contributed by atoms with Crippen molar-refractivity contribution >= 4 is 23.8 Å². The van der Waals surface area contributed by atoms with Crippen LogP contribution in [0.15, 0.2) is 0 Å². The Morgan fingerprint density at radius 3 is 2.88 bits per heavy atom. The molecule has 2 atom stereocenters. The Bertz CT molecular complexity index is 286. The van der Waals surface area contributed by atoms with Gasteiger partial charge in [-0.05, 0) is 13.3 Å². The number of nitrogens with one attached hydrogen (secondary N) is 1. The summed E-state index contributed by atoms with van der Waals surface area (Å²) in [6, 6.07) is -0.849. The van der Waals surface area contributed by atoms with E-state index in [1.807, 2.05) is 6.92 Å². The molecule has 0 aromatic rings. The van der Waals surface area contributed by atoms with Crippen LogP contribution in [-0.4, -0.2) is 52.1 Å². The van der Waals surface area contributed by atoms with Crippen LogP contribution in [0.5, 0.6) is 0 Å². The summed E-state index contributed by atoms with van der Waals surface area (Å²) in [5.41, 5.74) is 0. The first-order chi connectivity index (χ1) is 8.06. The number of amides is 2. The lowest BCUT2D eigenvalue weighted by Gasteiger charge is -2.33. The molecule has 1 saturated heterocycles. The van der Waals surface area contributed by atoms with Crippen LogP contribution >= 0.6 is 11.8 Å². The van der Waals surface area contributed by atoms with Crippen molar-refractivity contribution in [1.29, 1.82) is 0 Å². The van der Waals surface area contributed by atoms with E-state index < -0.39 is 12.0 Å². The third kappa shape index (κ3) is 4.11. The molecular weight excluding hydrogens is 240 g/mol. The van der Waals surface area contributed by atoms with Crippen LogP contribution in [0.25, 0.3) is 0 Å². The number of hydrogen-bond acceptors (Lipinski definition) is 3. The minimum atomic E-state index is -0.921. The fourth-order valence-corrected chi connectivity index (χ4v) is 2.89. The zero-order valence-corrected chi connectivity index (χ0v) is 11.1. The topological polar surface area (TPSA) is 69.6 Å². The average molecular weight is 260 g/mol. The van der Waals surface area contributed by atoms with Crippen LogP contribution in [0.1, 0.15) is 26.7 Å². The number of aliphatic carboxylic acids is 1. The highest BCUT2D eigenvalue weighted by Crippen LogP contribution is 2.17. The van der Waals surface area contributed by atoms with Crippen molar-refractivity contribution in [3.8, 4) is 0 Å². The second-order valence-electron chi connectivity index (χ2n) is 4.26. The zero-order chi connectivity index (χ0) is 12.8. The number of thioether (sulfide) groups is 1. The molecule has 0 aliphatic carbocycles. The molecule has 6 heteroatoms. The van der Waals surface area contributed by atoms with E-state index in [0.29, 0.717) is 12.3 Å². The summed E-state index contributed by atoms with van der Waals surface area (Å²) in [6.45, 7) is 4.50. The molecule has 1 aliphatic heterocycles. The molecule has 1 heterocycles. The van der Waals surface area contributed by atoms with Gasteiger partial charge in [0, 0.05) is 24.1 Å². The van der Waals surface area contributed by atoms with Gasteiger partial charge in [0.25, 0.3) is 0 Å².